The third kappa shape index (κ3) is 1.93. The molecule has 2 N–H and O–H groups in total. The van der Waals surface area contributed by atoms with Crippen LogP contribution in [0.1, 0.15) is 11.1 Å². The van der Waals surface area contributed by atoms with Crippen molar-refractivity contribution in [1.29, 1.82) is 0 Å². The molecule has 0 bridgehead atoms. The van der Waals surface area contributed by atoms with E-state index in [-0.39, 0.29) is 0 Å². The Morgan fingerprint density at radius 3 is 2.56 bits per heavy atom. The number of hydrogen-bond donors (Lipinski definition) is 1. The summed E-state index contributed by atoms with van der Waals surface area (Å²) in [6, 6.07) is 8.15. The number of aromatic nitrogens is 2. The lowest BCUT2D eigenvalue weighted by atomic mass is 10.1. The van der Waals surface area contributed by atoms with E-state index in [1.807, 2.05) is 12.3 Å². The molecule has 0 aliphatic heterocycles. The third-order valence-corrected chi connectivity index (χ3v) is 3.12. The standard InChI is InChI=1S/C12H15N3S/c1-8-4-5-10(9(2)6-8)15-11(13)7-12(14-15)16-3/h4-7H,13H2,1-3H3. The van der Waals surface area contributed by atoms with E-state index in [0.717, 1.165) is 10.7 Å². The lowest BCUT2D eigenvalue weighted by Gasteiger charge is -2.08. The van der Waals surface area contributed by atoms with Gasteiger partial charge in [-0.1, -0.05) is 17.7 Å². The van der Waals surface area contributed by atoms with Crippen molar-refractivity contribution >= 4 is 17.6 Å². The van der Waals surface area contributed by atoms with Gasteiger partial charge in [0.1, 0.15) is 10.8 Å². The van der Waals surface area contributed by atoms with Gasteiger partial charge >= 0.3 is 0 Å². The van der Waals surface area contributed by atoms with Gasteiger partial charge in [-0.15, -0.1) is 11.8 Å². The Bertz CT molecular complexity index is 517. The van der Waals surface area contributed by atoms with Crippen LogP contribution < -0.4 is 5.73 Å². The second-order valence-corrected chi connectivity index (χ2v) is 4.64. The van der Waals surface area contributed by atoms with Crippen LogP contribution >= 0.6 is 11.8 Å². The zero-order chi connectivity index (χ0) is 11.7. The maximum Gasteiger partial charge on any atom is 0.128 e. The normalized spacial score (nSPS) is 10.7. The molecule has 3 nitrogen and oxygen atoms in total. The quantitative estimate of drug-likeness (QED) is 0.811. The predicted octanol–water partition coefficient (Wildman–Crippen LogP) is 2.79. The Labute approximate surface area is 99.7 Å². The molecular formula is C12H15N3S. The van der Waals surface area contributed by atoms with Crippen LogP contribution in [0.3, 0.4) is 0 Å². The number of nitrogen functional groups attached to an aromatic ring is 1. The maximum absolute atomic E-state index is 5.94. The molecule has 0 fully saturated rings. The van der Waals surface area contributed by atoms with Crippen LogP contribution in [0.2, 0.25) is 0 Å². The van der Waals surface area contributed by atoms with Crippen molar-refractivity contribution < 1.29 is 0 Å². The molecule has 1 heterocycles. The van der Waals surface area contributed by atoms with Crippen molar-refractivity contribution in [2.24, 2.45) is 0 Å². The first-order valence-corrected chi connectivity index (χ1v) is 6.31. The molecule has 0 atom stereocenters. The Balaban J connectivity index is 2.53. The monoisotopic (exact) mass is 233 g/mol. The summed E-state index contributed by atoms with van der Waals surface area (Å²) in [7, 11) is 0. The van der Waals surface area contributed by atoms with E-state index in [0.29, 0.717) is 5.82 Å². The highest BCUT2D eigenvalue weighted by molar-refractivity contribution is 7.98. The number of aryl methyl sites for hydroxylation is 2. The van der Waals surface area contributed by atoms with E-state index in [2.05, 4.69) is 37.1 Å². The van der Waals surface area contributed by atoms with Gasteiger partial charge in [0.05, 0.1) is 5.69 Å². The van der Waals surface area contributed by atoms with Crippen LogP contribution in [0.5, 0.6) is 0 Å². The second kappa shape index (κ2) is 4.22. The minimum absolute atomic E-state index is 0.677. The summed E-state index contributed by atoms with van der Waals surface area (Å²) in [5.41, 5.74) is 9.42. The van der Waals surface area contributed by atoms with Crippen LogP contribution in [0.4, 0.5) is 5.82 Å². The van der Waals surface area contributed by atoms with Crippen LogP contribution in [0, 0.1) is 13.8 Å². The van der Waals surface area contributed by atoms with Crippen molar-refractivity contribution in [2.75, 3.05) is 12.0 Å². The molecule has 0 aliphatic rings. The van der Waals surface area contributed by atoms with Crippen LogP contribution in [-0.4, -0.2) is 16.0 Å². The number of hydrogen-bond acceptors (Lipinski definition) is 3. The highest BCUT2D eigenvalue weighted by atomic mass is 32.2. The summed E-state index contributed by atoms with van der Waals surface area (Å²) in [4.78, 5) is 0. The topological polar surface area (TPSA) is 43.8 Å². The van der Waals surface area contributed by atoms with Crippen molar-refractivity contribution in [1.82, 2.24) is 9.78 Å². The van der Waals surface area contributed by atoms with Crippen LogP contribution in [-0.2, 0) is 0 Å². The largest absolute Gasteiger partial charge is 0.384 e. The van der Waals surface area contributed by atoms with Crippen molar-refractivity contribution in [2.45, 2.75) is 18.9 Å². The Hall–Kier alpha value is -1.42. The number of thioether (sulfide) groups is 1. The van der Waals surface area contributed by atoms with Gasteiger partial charge in [0.15, 0.2) is 0 Å². The van der Waals surface area contributed by atoms with E-state index in [4.69, 9.17) is 5.73 Å². The summed E-state index contributed by atoms with van der Waals surface area (Å²) < 4.78 is 1.79. The first-order valence-electron chi connectivity index (χ1n) is 5.09. The average Bonchev–Trinajstić information content (AvgIpc) is 2.60. The molecule has 0 saturated carbocycles. The van der Waals surface area contributed by atoms with Gasteiger partial charge in [-0.25, -0.2) is 4.68 Å². The van der Waals surface area contributed by atoms with E-state index >= 15 is 0 Å². The van der Waals surface area contributed by atoms with E-state index in [1.54, 1.807) is 16.4 Å². The lowest BCUT2D eigenvalue weighted by Crippen LogP contribution is -2.03. The van der Waals surface area contributed by atoms with Crippen LogP contribution in [0.25, 0.3) is 5.69 Å². The van der Waals surface area contributed by atoms with Gasteiger partial charge in [0.25, 0.3) is 0 Å². The highest BCUT2D eigenvalue weighted by Gasteiger charge is 2.08. The van der Waals surface area contributed by atoms with Gasteiger partial charge in [0.2, 0.25) is 0 Å². The van der Waals surface area contributed by atoms with Gasteiger partial charge in [-0.05, 0) is 31.7 Å². The summed E-state index contributed by atoms with van der Waals surface area (Å²) in [5, 5.41) is 5.39. The van der Waals surface area contributed by atoms with Gasteiger partial charge in [-0.2, -0.15) is 5.10 Å². The van der Waals surface area contributed by atoms with E-state index in [9.17, 15) is 0 Å². The molecule has 16 heavy (non-hydrogen) atoms. The smallest absolute Gasteiger partial charge is 0.128 e. The number of benzene rings is 1. The fourth-order valence-corrected chi connectivity index (χ4v) is 2.11. The summed E-state index contributed by atoms with van der Waals surface area (Å²) >= 11 is 1.60. The van der Waals surface area contributed by atoms with Gasteiger partial charge in [-0.3, -0.25) is 0 Å². The van der Waals surface area contributed by atoms with Crippen molar-refractivity contribution in [3.8, 4) is 5.69 Å². The van der Waals surface area contributed by atoms with Gasteiger partial charge < -0.3 is 5.73 Å². The fourth-order valence-electron chi connectivity index (χ4n) is 1.71. The summed E-state index contributed by atoms with van der Waals surface area (Å²) in [5.74, 6) is 0.677. The first-order chi connectivity index (χ1) is 7.61. The molecule has 1 aromatic heterocycles. The summed E-state index contributed by atoms with van der Waals surface area (Å²) in [6.07, 6.45) is 1.99. The SMILES string of the molecule is CSc1cc(N)n(-c2ccc(C)cc2C)n1. The Morgan fingerprint density at radius 1 is 1.25 bits per heavy atom. The van der Waals surface area contributed by atoms with Gasteiger partial charge in [0, 0.05) is 6.07 Å². The Morgan fingerprint density at radius 2 is 2.00 bits per heavy atom. The molecule has 2 aromatic rings. The average molecular weight is 233 g/mol. The fraction of sp³-hybridized carbons (Fsp3) is 0.250. The molecule has 0 unspecified atom stereocenters. The van der Waals surface area contributed by atoms with Crippen LogP contribution in [0.15, 0.2) is 29.3 Å². The Kier molecular flexibility index (Phi) is 2.92. The van der Waals surface area contributed by atoms with E-state index in [1.165, 1.54) is 11.1 Å². The highest BCUT2D eigenvalue weighted by Crippen LogP contribution is 2.22. The number of nitrogens with two attached hydrogens (primary N) is 1. The zero-order valence-electron chi connectivity index (χ0n) is 9.69. The molecule has 84 valence electrons. The summed E-state index contributed by atoms with van der Waals surface area (Å²) in [6.45, 7) is 4.15. The minimum atomic E-state index is 0.677. The number of rotatable bonds is 2. The number of nitrogens with zero attached hydrogens (tertiary/aromatic N) is 2. The first kappa shape index (κ1) is 11.1. The lowest BCUT2D eigenvalue weighted by molar-refractivity contribution is 0.840. The minimum Gasteiger partial charge on any atom is -0.384 e. The molecule has 0 saturated heterocycles. The second-order valence-electron chi connectivity index (χ2n) is 3.81. The molecular weight excluding hydrogens is 218 g/mol. The predicted molar refractivity (Wildman–Crippen MR) is 69.2 cm³/mol. The molecule has 1 aromatic carbocycles. The molecule has 2 rings (SSSR count). The zero-order valence-corrected chi connectivity index (χ0v) is 10.5. The van der Waals surface area contributed by atoms with Crippen molar-refractivity contribution in [3.05, 3.63) is 35.4 Å². The molecule has 0 aliphatic carbocycles. The van der Waals surface area contributed by atoms with Crippen molar-refractivity contribution in [3.63, 3.8) is 0 Å². The van der Waals surface area contributed by atoms with E-state index < -0.39 is 0 Å². The number of anilines is 1. The molecule has 4 heteroatoms. The maximum atomic E-state index is 5.94. The molecule has 0 amide bonds. The third-order valence-electron chi connectivity index (χ3n) is 2.50. The molecule has 0 radical (unpaired) electrons. The molecule has 0 spiro atoms.